The Bertz CT molecular complexity index is 1360. The van der Waals surface area contributed by atoms with E-state index in [2.05, 4.69) is 19.9 Å². The number of aliphatic hydroxyl groups is 2. The summed E-state index contributed by atoms with van der Waals surface area (Å²) in [4.78, 5) is 0.0667. The molecule has 9 heteroatoms. The van der Waals surface area contributed by atoms with Gasteiger partial charge in [-0.3, -0.25) is 4.18 Å². The number of aliphatic hydroxyl groups excluding tert-OH is 1. The largest absolute Gasteiger partial charge is 0.472 e. The summed E-state index contributed by atoms with van der Waals surface area (Å²) in [5.41, 5.74) is 1.72. The van der Waals surface area contributed by atoms with Crippen LogP contribution in [0.1, 0.15) is 88.7 Å². The third-order valence-corrected chi connectivity index (χ3v) is 13.7. The van der Waals surface area contributed by atoms with Crippen molar-refractivity contribution in [3.63, 3.8) is 0 Å². The minimum Gasteiger partial charge on any atom is -0.472 e. The first-order chi connectivity index (χ1) is 21.0. The molecule has 2 N–H and O–H groups in total. The molecule has 4 aliphatic rings. The van der Waals surface area contributed by atoms with Crippen molar-refractivity contribution in [2.24, 2.45) is 28.6 Å². The van der Waals surface area contributed by atoms with Crippen LogP contribution in [0.5, 0.6) is 0 Å². The Balaban J connectivity index is 0.946. The van der Waals surface area contributed by atoms with Crippen molar-refractivity contribution in [2.75, 3.05) is 26.4 Å². The molecule has 2 aromatic rings. The Morgan fingerprint density at radius 3 is 2.50 bits per heavy atom. The summed E-state index contributed by atoms with van der Waals surface area (Å²) >= 11 is 0. The van der Waals surface area contributed by atoms with Gasteiger partial charge in [0, 0.05) is 5.41 Å². The minimum atomic E-state index is -3.92. The van der Waals surface area contributed by atoms with Crippen LogP contribution in [0.25, 0.3) is 0 Å². The predicted octanol–water partition coefficient (Wildman–Crippen LogP) is 6.00. The molecule has 1 aromatic carbocycles. The molecule has 44 heavy (non-hydrogen) atoms. The Morgan fingerprint density at radius 1 is 0.955 bits per heavy atom. The van der Waals surface area contributed by atoms with Crippen LogP contribution in [0.2, 0.25) is 0 Å². The van der Waals surface area contributed by atoms with E-state index in [1.54, 1.807) is 18.4 Å². The zero-order valence-electron chi connectivity index (χ0n) is 26.5. The van der Waals surface area contributed by atoms with Gasteiger partial charge in [0.05, 0.1) is 55.6 Å². The molecule has 4 saturated carbocycles. The highest BCUT2D eigenvalue weighted by Crippen LogP contribution is 2.70. The lowest BCUT2D eigenvalue weighted by molar-refractivity contribution is -0.207. The van der Waals surface area contributed by atoms with Gasteiger partial charge in [-0.15, -0.1) is 0 Å². The van der Waals surface area contributed by atoms with E-state index < -0.39 is 21.8 Å². The van der Waals surface area contributed by atoms with Gasteiger partial charge >= 0.3 is 0 Å². The number of fused-ring (bicyclic) bond motifs is 5. The van der Waals surface area contributed by atoms with E-state index in [1.807, 2.05) is 13.2 Å². The van der Waals surface area contributed by atoms with Gasteiger partial charge in [0.2, 0.25) is 0 Å². The van der Waals surface area contributed by atoms with Crippen LogP contribution in [0, 0.1) is 35.5 Å². The second-order valence-corrected chi connectivity index (χ2v) is 16.2. The molecule has 0 amide bonds. The van der Waals surface area contributed by atoms with E-state index in [-0.39, 0.29) is 35.0 Å². The summed E-state index contributed by atoms with van der Waals surface area (Å²) in [6, 6.07) is 8.49. The van der Waals surface area contributed by atoms with E-state index in [1.165, 1.54) is 24.1 Å². The molecule has 1 heterocycles. The van der Waals surface area contributed by atoms with E-state index >= 15 is 0 Å². The van der Waals surface area contributed by atoms with Crippen LogP contribution in [0.4, 0.5) is 0 Å². The zero-order valence-corrected chi connectivity index (χ0v) is 27.3. The molecule has 9 atom stereocenters. The van der Waals surface area contributed by atoms with Gasteiger partial charge in [0.25, 0.3) is 10.1 Å². The second kappa shape index (κ2) is 12.5. The highest BCUT2D eigenvalue weighted by molar-refractivity contribution is 7.86. The fourth-order valence-corrected chi connectivity index (χ4v) is 10.8. The molecular weight excluding hydrogens is 580 g/mol. The number of hydrogen-bond acceptors (Lipinski definition) is 8. The molecule has 0 saturated heterocycles. The first kappa shape index (κ1) is 32.2. The molecule has 0 spiro atoms. The topological polar surface area (TPSA) is 115 Å². The maximum absolute atomic E-state index is 12.4. The Labute approximate surface area is 262 Å². The molecule has 4 unspecified atom stereocenters. The Kier molecular flexibility index (Phi) is 9.12. The standard InChI is InChI=1S/C35H50O8S/c1-24-4-7-29(8-5-24)44(38,39)43-23-27(36)22-41-18-19-42-28-10-14-33(2)26(20-28)6-9-32-31(33)11-15-34(3)30(12-16-35(32,34)37)25-13-17-40-21-25/h4-5,7-8,13,17,21,26-28,30-32,36-37H,6,9-12,14-16,18-20,22-23H2,1-3H3/t26?,27?,28?,30?,31-,32-,33+,34-,35-/m1/s1. The summed E-state index contributed by atoms with van der Waals surface area (Å²) in [5, 5.41) is 22.6. The van der Waals surface area contributed by atoms with E-state index in [4.69, 9.17) is 18.1 Å². The number of rotatable bonds is 11. The minimum absolute atomic E-state index is 0.0233. The smallest absolute Gasteiger partial charge is 0.297 e. The number of benzene rings is 1. The van der Waals surface area contributed by atoms with Gasteiger partial charge in [-0.25, -0.2) is 0 Å². The van der Waals surface area contributed by atoms with Crippen molar-refractivity contribution >= 4 is 10.1 Å². The molecule has 1 aromatic heterocycles. The van der Waals surface area contributed by atoms with Gasteiger partial charge in [-0.05, 0) is 118 Å². The van der Waals surface area contributed by atoms with Crippen LogP contribution >= 0.6 is 0 Å². The number of furan rings is 1. The van der Waals surface area contributed by atoms with Gasteiger partial charge in [-0.2, -0.15) is 8.42 Å². The van der Waals surface area contributed by atoms with Crippen molar-refractivity contribution in [1.82, 2.24) is 0 Å². The molecule has 244 valence electrons. The normalized spacial score (nSPS) is 37.6. The van der Waals surface area contributed by atoms with Gasteiger partial charge < -0.3 is 24.1 Å². The maximum atomic E-state index is 12.4. The zero-order chi connectivity index (χ0) is 31.2. The predicted molar refractivity (Wildman–Crippen MR) is 166 cm³/mol. The van der Waals surface area contributed by atoms with Gasteiger partial charge in [0.15, 0.2) is 0 Å². The van der Waals surface area contributed by atoms with Gasteiger partial charge in [0.1, 0.15) is 6.10 Å². The molecule has 8 nitrogen and oxygen atoms in total. The Morgan fingerprint density at radius 2 is 1.75 bits per heavy atom. The van der Waals surface area contributed by atoms with Crippen LogP contribution in [-0.2, 0) is 23.8 Å². The molecule has 0 bridgehead atoms. The van der Waals surface area contributed by atoms with E-state index in [9.17, 15) is 18.6 Å². The van der Waals surface area contributed by atoms with E-state index in [0.717, 1.165) is 56.9 Å². The third-order valence-electron chi connectivity index (χ3n) is 12.4. The highest BCUT2D eigenvalue weighted by atomic mass is 32.2. The third kappa shape index (κ3) is 5.82. The summed E-state index contributed by atoms with van der Waals surface area (Å²) in [6.45, 7) is 7.09. The SMILES string of the molecule is Cc1ccc(S(=O)(=O)OCC(O)COCCOC2CC[C@@]3(C)C(CC[C@@H]4[C@H]3CC[C@]3(C)C(c5ccoc5)CC[C@@]43O)C2)cc1. The number of aryl methyl sites for hydroxylation is 1. The molecular formula is C35H50O8S. The van der Waals surface area contributed by atoms with Crippen molar-refractivity contribution in [1.29, 1.82) is 0 Å². The average molecular weight is 631 g/mol. The lowest BCUT2D eigenvalue weighted by atomic mass is 9.43. The molecule has 6 rings (SSSR count). The van der Waals surface area contributed by atoms with Crippen LogP contribution in [-0.4, -0.2) is 62.9 Å². The summed E-state index contributed by atoms with van der Waals surface area (Å²) < 4.78 is 46.9. The van der Waals surface area contributed by atoms with Crippen molar-refractivity contribution in [3.8, 4) is 0 Å². The van der Waals surface area contributed by atoms with E-state index in [0.29, 0.717) is 36.9 Å². The fourth-order valence-electron chi connectivity index (χ4n) is 9.83. The summed E-state index contributed by atoms with van der Waals surface area (Å²) in [7, 11) is -3.92. The first-order valence-corrected chi connectivity index (χ1v) is 17.9. The molecule has 0 aliphatic heterocycles. The fraction of sp³-hybridized carbons (Fsp3) is 0.714. The molecule has 0 radical (unpaired) electrons. The molecule has 4 aliphatic carbocycles. The highest BCUT2D eigenvalue weighted by Gasteiger charge is 2.67. The first-order valence-electron chi connectivity index (χ1n) is 16.5. The quantitative estimate of drug-likeness (QED) is 0.230. The van der Waals surface area contributed by atoms with Crippen molar-refractivity contribution < 1.29 is 36.7 Å². The average Bonchev–Trinajstić information content (AvgIpc) is 3.62. The molecule has 4 fully saturated rings. The Hall–Kier alpha value is -1.75. The lowest BCUT2D eigenvalue weighted by Crippen LogP contribution is -2.62. The number of hydrogen-bond donors (Lipinski definition) is 2. The lowest BCUT2D eigenvalue weighted by Gasteiger charge is -2.63. The van der Waals surface area contributed by atoms with Crippen molar-refractivity contribution in [3.05, 3.63) is 54.0 Å². The van der Waals surface area contributed by atoms with Gasteiger partial charge in [-0.1, -0.05) is 31.5 Å². The second-order valence-electron chi connectivity index (χ2n) is 14.6. The maximum Gasteiger partial charge on any atom is 0.297 e. The number of ether oxygens (including phenoxy) is 2. The van der Waals surface area contributed by atoms with Crippen LogP contribution < -0.4 is 0 Å². The summed E-state index contributed by atoms with van der Waals surface area (Å²) in [5.74, 6) is 1.86. The monoisotopic (exact) mass is 630 g/mol. The van der Waals surface area contributed by atoms with Crippen LogP contribution in [0.3, 0.4) is 0 Å². The summed E-state index contributed by atoms with van der Waals surface area (Å²) in [6.07, 6.45) is 12.4. The van der Waals surface area contributed by atoms with Crippen molar-refractivity contribution in [2.45, 2.75) is 107 Å². The van der Waals surface area contributed by atoms with Crippen LogP contribution in [0.15, 0.2) is 52.2 Å².